The van der Waals surface area contributed by atoms with E-state index in [1.807, 2.05) is 61.6 Å². The van der Waals surface area contributed by atoms with Crippen molar-refractivity contribution in [2.24, 2.45) is 0 Å². The van der Waals surface area contributed by atoms with Crippen molar-refractivity contribution < 1.29 is 4.74 Å². The molecule has 0 aliphatic rings. The molecular formula is C15H16ClN5O. The van der Waals surface area contributed by atoms with E-state index in [1.165, 1.54) is 0 Å². The van der Waals surface area contributed by atoms with Crippen molar-refractivity contribution in [2.45, 2.75) is 6.54 Å². The van der Waals surface area contributed by atoms with Crippen molar-refractivity contribution in [1.29, 1.82) is 0 Å². The predicted octanol–water partition coefficient (Wildman–Crippen LogP) is 2.60. The molecule has 0 spiro atoms. The number of hydrogen-bond acceptors (Lipinski definition) is 5. The van der Waals surface area contributed by atoms with Gasteiger partial charge in [0.25, 0.3) is 0 Å². The minimum atomic E-state index is 0. The van der Waals surface area contributed by atoms with Gasteiger partial charge in [-0.25, -0.2) is 0 Å². The fraction of sp³-hybridized carbons (Fsp3) is 0.133. The normalized spacial score (nSPS) is 10.0. The molecule has 0 fully saturated rings. The Morgan fingerprint density at radius 2 is 1.91 bits per heavy atom. The standard InChI is InChI=1S/C15H15N5O.ClH/c1-16-11-12-6-5-9-14(10-12)21-15-17-18-19-20(15)13-7-3-2-4-8-13;/h2-10,16H,11H2,1H3;1H. The van der Waals surface area contributed by atoms with E-state index in [9.17, 15) is 0 Å². The van der Waals surface area contributed by atoms with E-state index in [-0.39, 0.29) is 12.4 Å². The summed E-state index contributed by atoms with van der Waals surface area (Å²) in [6.45, 7) is 0.779. The molecule has 7 heteroatoms. The van der Waals surface area contributed by atoms with Crippen LogP contribution in [0.15, 0.2) is 54.6 Å². The van der Waals surface area contributed by atoms with Crippen LogP contribution in [0.4, 0.5) is 0 Å². The van der Waals surface area contributed by atoms with Crippen LogP contribution in [-0.4, -0.2) is 27.3 Å². The molecule has 114 valence electrons. The highest BCUT2D eigenvalue weighted by molar-refractivity contribution is 5.85. The quantitative estimate of drug-likeness (QED) is 0.783. The number of nitrogens with one attached hydrogen (secondary N) is 1. The molecule has 1 heterocycles. The Morgan fingerprint density at radius 3 is 2.68 bits per heavy atom. The lowest BCUT2D eigenvalue weighted by atomic mass is 10.2. The van der Waals surface area contributed by atoms with Crippen molar-refractivity contribution in [2.75, 3.05) is 7.05 Å². The zero-order valence-corrected chi connectivity index (χ0v) is 12.8. The Morgan fingerprint density at radius 1 is 1.09 bits per heavy atom. The minimum absolute atomic E-state index is 0. The predicted molar refractivity (Wildman–Crippen MR) is 85.7 cm³/mol. The highest BCUT2D eigenvalue weighted by Gasteiger charge is 2.10. The summed E-state index contributed by atoms with van der Waals surface area (Å²) in [4.78, 5) is 0. The van der Waals surface area contributed by atoms with Crippen LogP contribution in [0.1, 0.15) is 5.56 Å². The number of nitrogens with zero attached hydrogens (tertiary/aromatic N) is 4. The van der Waals surface area contributed by atoms with E-state index >= 15 is 0 Å². The SMILES string of the molecule is CNCc1cccc(Oc2nnnn2-c2ccccc2)c1.Cl. The molecule has 0 aliphatic carbocycles. The summed E-state index contributed by atoms with van der Waals surface area (Å²) in [5, 5.41) is 14.7. The van der Waals surface area contributed by atoms with Gasteiger partial charge < -0.3 is 10.1 Å². The lowest BCUT2D eigenvalue weighted by molar-refractivity contribution is 0.426. The number of para-hydroxylation sites is 1. The third kappa shape index (κ3) is 3.60. The molecule has 0 aliphatic heterocycles. The van der Waals surface area contributed by atoms with Crippen LogP contribution in [0.3, 0.4) is 0 Å². The summed E-state index contributed by atoms with van der Waals surface area (Å²) >= 11 is 0. The smallest absolute Gasteiger partial charge is 0.345 e. The van der Waals surface area contributed by atoms with E-state index in [1.54, 1.807) is 4.68 Å². The summed E-state index contributed by atoms with van der Waals surface area (Å²) in [6, 6.07) is 17.8. The highest BCUT2D eigenvalue weighted by atomic mass is 35.5. The average molecular weight is 318 g/mol. The van der Waals surface area contributed by atoms with Gasteiger partial charge in [0, 0.05) is 6.54 Å². The van der Waals surface area contributed by atoms with Crippen molar-refractivity contribution in [3.8, 4) is 17.4 Å². The molecule has 6 nitrogen and oxygen atoms in total. The van der Waals surface area contributed by atoms with E-state index in [0.29, 0.717) is 11.8 Å². The van der Waals surface area contributed by atoms with Gasteiger partial charge >= 0.3 is 6.01 Å². The molecule has 0 unspecified atom stereocenters. The molecule has 1 N–H and O–H groups in total. The Balaban J connectivity index is 0.00000176. The summed E-state index contributed by atoms with van der Waals surface area (Å²) in [6.07, 6.45) is 0. The van der Waals surface area contributed by atoms with E-state index in [0.717, 1.165) is 17.8 Å². The molecule has 0 saturated carbocycles. The second-order valence-electron chi connectivity index (χ2n) is 4.49. The topological polar surface area (TPSA) is 64.9 Å². The maximum Gasteiger partial charge on any atom is 0.345 e. The lowest BCUT2D eigenvalue weighted by Gasteiger charge is -2.07. The van der Waals surface area contributed by atoms with Crippen LogP contribution in [0.5, 0.6) is 11.8 Å². The van der Waals surface area contributed by atoms with Crippen molar-refractivity contribution in [3.05, 3.63) is 60.2 Å². The van der Waals surface area contributed by atoms with Crippen LogP contribution in [-0.2, 0) is 6.54 Å². The van der Waals surface area contributed by atoms with Crippen LogP contribution in [0, 0.1) is 0 Å². The second kappa shape index (κ2) is 7.53. The maximum absolute atomic E-state index is 5.79. The average Bonchev–Trinajstić information content (AvgIpc) is 2.97. The second-order valence-corrected chi connectivity index (χ2v) is 4.49. The van der Waals surface area contributed by atoms with Gasteiger partial charge in [0.05, 0.1) is 5.69 Å². The first kappa shape index (κ1) is 15.9. The number of hydrogen-bond donors (Lipinski definition) is 1. The minimum Gasteiger partial charge on any atom is -0.423 e. The monoisotopic (exact) mass is 317 g/mol. The summed E-state index contributed by atoms with van der Waals surface area (Å²) in [7, 11) is 1.91. The number of rotatable bonds is 5. The Kier molecular flexibility index (Phi) is 5.46. The highest BCUT2D eigenvalue weighted by Crippen LogP contribution is 2.21. The Labute approximate surface area is 134 Å². The number of aromatic nitrogens is 4. The molecule has 0 atom stereocenters. The fourth-order valence-electron chi connectivity index (χ4n) is 2.00. The molecule has 2 aromatic carbocycles. The molecule has 0 radical (unpaired) electrons. The van der Waals surface area contributed by atoms with E-state index in [4.69, 9.17) is 4.74 Å². The molecule has 22 heavy (non-hydrogen) atoms. The van der Waals surface area contributed by atoms with E-state index < -0.39 is 0 Å². The maximum atomic E-state index is 5.79. The first-order chi connectivity index (χ1) is 10.4. The number of tetrazole rings is 1. The van der Waals surface area contributed by atoms with Crippen LogP contribution in [0.2, 0.25) is 0 Å². The number of halogens is 1. The van der Waals surface area contributed by atoms with Crippen LogP contribution in [0.25, 0.3) is 5.69 Å². The van der Waals surface area contributed by atoms with Crippen molar-refractivity contribution in [1.82, 2.24) is 25.5 Å². The first-order valence-electron chi connectivity index (χ1n) is 6.62. The molecule has 3 rings (SSSR count). The molecular weight excluding hydrogens is 302 g/mol. The van der Waals surface area contributed by atoms with Gasteiger partial charge in [0.1, 0.15) is 5.75 Å². The van der Waals surface area contributed by atoms with Gasteiger partial charge in [-0.2, -0.15) is 4.68 Å². The van der Waals surface area contributed by atoms with Crippen molar-refractivity contribution in [3.63, 3.8) is 0 Å². The van der Waals surface area contributed by atoms with Crippen LogP contribution < -0.4 is 10.1 Å². The number of benzene rings is 2. The summed E-state index contributed by atoms with van der Waals surface area (Å²) in [5.41, 5.74) is 1.98. The van der Waals surface area contributed by atoms with Gasteiger partial charge in [-0.1, -0.05) is 35.4 Å². The zero-order chi connectivity index (χ0) is 14.5. The van der Waals surface area contributed by atoms with E-state index in [2.05, 4.69) is 20.8 Å². The van der Waals surface area contributed by atoms with Gasteiger partial charge in [-0.15, -0.1) is 12.4 Å². The molecule has 0 amide bonds. The molecule has 3 aromatic rings. The van der Waals surface area contributed by atoms with Gasteiger partial charge in [-0.3, -0.25) is 0 Å². The molecule has 1 aromatic heterocycles. The fourth-order valence-corrected chi connectivity index (χ4v) is 2.00. The molecule has 0 saturated heterocycles. The summed E-state index contributed by atoms with van der Waals surface area (Å²) in [5.74, 6) is 0.703. The first-order valence-corrected chi connectivity index (χ1v) is 6.62. The van der Waals surface area contributed by atoms with Crippen LogP contribution >= 0.6 is 12.4 Å². The largest absolute Gasteiger partial charge is 0.423 e. The molecule has 0 bridgehead atoms. The third-order valence-corrected chi connectivity index (χ3v) is 2.93. The zero-order valence-electron chi connectivity index (χ0n) is 12.0. The van der Waals surface area contributed by atoms with Gasteiger partial charge in [0.15, 0.2) is 0 Å². The third-order valence-electron chi connectivity index (χ3n) is 2.93. The number of ether oxygens (including phenoxy) is 1. The Hall–Kier alpha value is -2.44. The summed E-state index contributed by atoms with van der Waals surface area (Å²) < 4.78 is 7.35. The van der Waals surface area contributed by atoms with Gasteiger partial charge in [-0.05, 0) is 47.3 Å². The van der Waals surface area contributed by atoms with Gasteiger partial charge in [0.2, 0.25) is 0 Å². The lowest BCUT2D eigenvalue weighted by Crippen LogP contribution is -2.05. The van der Waals surface area contributed by atoms with Crippen molar-refractivity contribution >= 4 is 12.4 Å². The Bertz CT molecular complexity index is 717.